The molecule has 1 aliphatic rings. The van der Waals surface area contributed by atoms with E-state index in [2.05, 4.69) is 18.2 Å². The largest absolute Gasteiger partial charge is 0.295 e. The Hall–Kier alpha value is -1.89. The first kappa shape index (κ1) is 10.6. The van der Waals surface area contributed by atoms with Crippen molar-refractivity contribution < 1.29 is 4.79 Å². The third kappa shape index (κ3) is 2.57. The predicted octanol–water partition coefficient (Wildman–Crippen LogP) is 3.55. The number of benzene rings is 1. The van der Waals surface area contributed by atoms with Gasteiger partial charge in [0.25, 0.3) is 0 Å². The van der Waals surface area contributed by atoms with Gasteiger partial charge in [-0.05, 0) is 24.5 Å². The summed E-state index contributed by atoms with van der Waals surface area (Å²) in [4.78, 5) is 11.1. The lowest BCUT2D eigenvalue weighted by Crippen LogP contribution is -1.97. The molecule has 0 atom stereocenters. The zero-order valence-corrected chi connectivity index (χ0v) is 9.31. The van der Waals surface area contributed by atoms with E-state index < -0.39 is 0 Å². The second kappa shape index (κ2) is 4.75. The molecule has 0 saturated carbocycles. The normalized spacial score (nSPS) is 17.3. The Labute approximate surface area is 95.8 Å². The molecule has 1 aromatic rings. The molecule has 0 radical (unpaired) electrons. The summed E-state index contributed by atoms with van der Waals surface area (Å²) in [7, 11) is 0. The molecule has 0 spiro atoms. The zero-order chi connectivity index (χ0) is 11.4. The Morgan fingerprint density at radius 3 is 2.50 bits per heavy atom. The third-order valence-electron chi connectivity index (χ3n) is 2.59. The van der Waals surface area contributed by atoms with Gasteiger partial charge >= 0.3 is 0 Å². The molecule has 80 valence electrons. The van der Waals surface area contributed by atoms with E-state index in [4.69, 9.17) is 0 Å². The highest BCUT2D eigenvalue weighted by Gasteiger charge is 2.04. The SMILES string of the molecule is CC(=O)C1=CCC(=Cc2ccccc2)C=C1. The molecule has 1 nitrogen and oxygen atoms in total. The highest BCUT2D eigenvalue weighted by Crippen LogP contribution is 2.18. The molecule has 2 rings (SSSR count). The van der Waals surface area contributed by atoms with Crippen molar-refractivity contribution in [1.29, 1.82) is 0 Å². The van der Waals surface area contributed by atoms with Crippen LogP contribution in [0, 0.1) is 0 Å². The van der Waals surface area contributed by atoms with E-state index in [9.17, 15) is 4.79 Å². The van der Waals surface area contributed by atoms with Gasteiger partial charge in [0.2, 0.25) is 0 Å². The van der Waals surface area contributed by atoms with Crippen molar-refractivity contribution in [3.63, 3.8) is 0 Å². The Morgan fingerprint density at radius 1 is 1.19 bits per heavy atom. The van der Waals surface area contributed by atoms with Gasteiger partial charge in [-0.25, -0.2) is 0 Å². The molecule has 0 heterocycles. The molecular weight excluding hydrogens is 196 g/mol. The number of ketones is 1. The monoisotopic (exact) mass is 210 g/mol. The molecule has 1 heteroatoms. The van der Waals surface area contributed by atoms with E-state index in [0.29, 0.717) is 0 Å². The van der Waals surface area contributed by atoms with Gasteiger partial charge < -0.3 is 0 Å². The van der Waals surface area contributed by atoms with Crippen LogP contribution in [-0.2, 0) is 4.79 Å². The van der Waals surface area contributed by atoms with Crippen molar-refractivity contribution >= 4 is 11.9 Å². The fourth-order valence-corrected chi connectivity index (χ4v) is 1.69. The number of allylic oxidation sites excluding steroid dienone is 5. The zero-order valence-electron chi connectivity index (χ0n) is 9.31. The maximum Gasteiger partial charge on any atom is 0.159 e. The summed E-state index contributed by atoms with van der Waals surface area (Å²) < 4.78 is 0. The van der Waals surface area contributed by atoms with Gasteiger partial charge in [-0.1, -0.05) is 54.6 Å². The number of hydrogen-bond donors (Lipinski definition) is 0. The fraction of sp³-hybridized carbons (Fsp3) is 0.133. The van der Waals surface area contributed by atoms with Crippen LogP contribution >= 0.6 is 0 Å². The number of rotatable bonds is 2. The number of Topliss-reactive ketones (excluding diaryl/α,β-unsaturated/α-hetero) is 1. The van der Waals surface area contributed by atoms with Gasteiger partial charge in [0.05, 0.1) is 0 Å². The van der Waals surface area contributed by atoms with E-state index in [0.717, 1.165) is 12.0 Å². The minimum absolute atomic E-state index is 0.134. The molecular formula is C15H14O. The minimum atomic E-state index is 0.134. The molecule has 0 aromatic heterocycles. The lowest BCUT2D eigenvalue weighted by molar-refractivity contribution is -0.113. The van der Waals surface area contributed by atoms with Crippen LogP contribution in [0.25, 0.3) is 6.08 Å². The minimum Gasteiger partial charge on any atom is -0.295 e. The summed E-state index contributed by atoms with van der Waals surface area (Å²) in [6, 6.07) is 10.2. The Bertz CT molecular complexity index is 475. The third-order valence-corrected chi connectivity index (χ3v) is 2.59. The summed E-state index contributed by atoms with van der Waals surface area (Å²) >= 11 is 0. The number of carbonyl (C=O) groups excluding carboxylic acids is 1. The van der Waals surface area contributed by atoms with Crippen LogP contribution in [0.4, 0.5) is 0 Å². The van der Waals surface area contributed by atoms with E-state index in [1.165, 1.54) is 11.1 Å². The first-order valence-corrected chi connectivity index (χ1v) is 5.40. The average Bonchev–Trinajstić information content (AvgIpc) is 2.31. The van der Waals surface area contributed by atoms with Crippen LogP contribution < -0.4 is 0 Å². The van der Waals surface area contributed by atoms with E-state index in [1.54, 1.807) is 6.92 Å². The molecule has 16 heavy (non-hydrogen) atoms. The smallest absolute Gasteiger partial charge is 0.159 e. The van der Waals surface area contributed by atoms with Crippen LogP contribution in [0.3, 0.4) is 0 Å². The van der Waals surface area contributed by atoms with Crippen molar-refractivity contribution in [3.8, 4) is 0 Å². The molecule has 0 fully saturated rings. The van der Waals surface area contributed by atoms with Crippen molar-refractivity contribution in [2.75, 3.05) is 0 Å². The topological polar surface area (TPSA) is 17.1 Å². The first-order chi connectivity index (χ1) is 7.75. The fourth-order valence-electron chi connectivity index (χ4n) is 1.69. The summed E-state index contributed by atoms with van der Waals surface area (Å²) in [5.41, 5.74) is 3.24. The molecule has 0 bridgehead atoms. The molecule has 0 saturated heterocycles. The highest BCUT2D eigenvalue weighted by molar-refractivity contribution is 5.96. The van der Waals surface area contributed by atoms with Crippen LogP contribution in [0.2, 0.25) is 0 Å². The summed E-state index contributed by atoms with van der Waals surface area (Å²) in [6.45, 7) is 1.60. The average molecular weight is 210 g/mol. The Balaban J connectivity index is 2.14. The maximum absolute atomic E-state index is 11.1. The quantitative estimate of drug-likeness (QED) is 0.729. The van der Waals surface area contributed by atoms with Crippen LogP contribution in [-0.4, -0.2) is 5.78 Å². The lowest BCUT2D eigenvalue weighted by Gasteiger charge is -2.06. The van der Waals surface area contributed by atoms with Gasteiger partial charge in [-0.15, -0.1) is 0 Å². The van der Waals surface area contributed by atoms with Crippen LogP contribution in [0.1, 0.15) is 18.9 Å². The van der Waals surface area contributed by atoms with Gasteiger partial charge in [0.1, 0.15) is 0 Å². The highest BCUT2D eigenvalue weighted by atomic mass is 16.1. The van der Waals surface area contributed by atoms with Crippen LogP contribution in [0.5, 0.6) is 0 Å². The van der Waals surface area contributed by atoms with Gasteiger partial charge in [0.15, 0.2) is 5.78 Å². The Morgan fingerprint density at radius 2 is 1.94 bits per heavy atom. The van der Waals surface area contributed by atoms with Gasteiger partial charge in [-0.2, -0.15) is 0 Å². The lowest BCUT2D eigenvalue weighted by atomic mass is 9.98. The number of carbonyl (C=O) groups is 1. The molecule has 0 aliphatic heterocycles. The van der Waals surface area contributed by atoms with Gasteiger partial charge in [-0.3, -0.25) is 4.79 Å². The summed E-state index contributed by atoms with van der Waals surface area (Å²) in [6.07, 6.45) is 8.87. The Kier molecular flexibility index (Phi) is 3.16. The van der Waals surface area contributed by atoms with E-state index in [1.807, 2.05) is 36.4 Å². The second-order valence-electron chi connectivity index (χ2n) is 3.88. The van der Waals surface area contributed by atoms with Gasteiger partial charge in [0, 0.05) is 5.57 Å². The predicted molar refractivity (Wildman–Crippen MR) is 66.9 cm³/mol. The molecule has 0 N–H and O–H groups in total. The summed E-state index contributed by atoms with van der Waals surface area (Å²) in [5.74, 6) is 0.134. The second-order valence-corrected chi connectivity index (χ2v) is 3.88. The molecule has 1 aromatic carbocycles. The number of hydrogen-bond acceptors (Lipinski definition) is 1. The molecule has 0 unspecified atom stereocenters. The van der Waals surface area contributed by atoms with Crippen molar-refractivity contribution in [2.45, 2.75) is 13.3 Å². The van der Waals surface area contributed by atoms with Crippen molar-refractivity contribution in [3.05, 3.63) is 65.3 Å². The first-order valence-electron chi connectivity index (χ1n) is 5.40. The van der Waals surface area contributed by atoms with Crippen LogP contribution in [0.15, 0.2) is 59.7 Å². The van der Waals surface area contributed by atoms with E-state index >= 15 is 0 Å². The molecule has 0 amide bonds. The van der Waals surface area contributed by atoms with Crippen molar-refractivity contribution in [1.82, 2.24) is 0 Å². The summed E-state index contributed by atoms with van der Waals surface area (Å²) in [5, 5.41) is 0. The van der Waals surface area contributed by atoms with Crippen molar-refractivity contribution in [2.24, 2.45) is 0 Å². The standard InChI is InChI=1S/C15H14O/c1-12(16)15-9-7-14(8-10-15)11-13-5-3-2-4-6-13/h2-7,9-11H,8H2,1H3. The molecule has 1 aliphatic carbocycles. The van der Waals surface area contributed by atoms with E-state index in [-0.39, 0.29) is 5.78 Å². The maximum atomic E-state index is 11.1.